The molecule has 1 aliphatic rings. The number of imidazole rings is 1. The second-order valence-corrected chi connectivity index (χ2v) is 6.21. The first-order chi connectivity index (χ1) is 10.7. The summed E-state index contributed by atoms with van der Waals surface area (Å²) in [7, 11) is 0. The monoisotopic (exact) mass is 316 g/mol. The van der Waals surface area contributed by atoms with Crippen LogP contribution in [0.15, 0.2) is 18.3 Å². The van der Waals surface area contributed by atoms with E-state index in [2.05, 4.69) is 25.6 Å². The minimum Gasteiger partial charge on any atom is -0.336 e. The highest BCUT2D eigenvalue weighted by Crippen LogP contribution is 2.26. The number of benzene rings is 1. The Kier molecular flexibility index (Phi) is 3.35. The second-order valence-electron chi connectivity index (χ2n) is 5.77. The molecule has 3 aromatic rings. The molecule has 0 radical (unpaired) electrons. The number of piperidine rings is 1. The van der Waals surface area contributed by atoms with E-state index in [1.807, 2.05) is 29.9 Å². The zero-order valence-electron chi connectivity index (χ0n) is 12.3. The molecule has 0 bridgehead atoms. The van der Waals surface area contributed by atoms with E-state index >= 15 is 0 Å². The highest BCUT2D eigenvalue weighted by atomic mass is 35.5. The molecule has 2 aromatic heterocycles. The van der Waals surface area contributed by atoms with Crippen molar-refractivity contribution in [3.8, 4) is 11.5 Å². The van der Waals surface area contributed by atoms with E-state index in [9.17, 15) is 0 Å². The molecule has 6 nitrogen and oxygen atoms in total. The van der Waals surface area contributed by atoms with Crippen molar-refractivity contribution in [2.75, 3.05) is 13.1 Å². The van der Waals surface area contributed by atoms with Crippen LogP contribution < -0.4 is 5.32 Å². The fourth-order valence-electron chi connectivity index (χ4n) is 3.00. The summed E-state index contributed by atoms with van der Waals surface area (Å²) in [6.07, 6.45) is 4.14. The summed E-state index contributed by atoms with van der Waals surface area (Å²) in [5.41, 5.74) is 3.67. The second kappa shape index (κ2) is 5.37. The maximum absolute atomic E-state index is 6.10. The zero-order chi connectivity index (χ0) is 15.1. The largest absolute Gasteiger partial charge is 0.336 e. The maximum Gasteiger partial charge on any atom is 0.160 e. The Hall–Kier alpha value is -1.92. The zero-order valence-corrected chi connectivity index (χ0v) is 13.1. The van der Waals surface area contributed by atoms with Gasteiger partial charge >= 0.3 is 0 Å². The average molecular weight is 317 g/mol. The minimum atomic E-state index is 0.419. The van der Waals surface area contributed by atoms with Gasteiger partial charge in [0, 0.05) is 5.02 Å². The molecule has 0 atom stereocenters. The van der Waals surface area contributed by atoms with Crippen LogP contribution in [0.4, 0.5) is 0 Å². The topological polar surface area (TPSA) is 71.4 Å². The number of fused-ring (bicyclic) bond motifs is 1. The van der Waals surface area contributed by atoms with Gasteiger partial charge in [0.25, 0.3) is 0 Å². The van der Waals surface area contributed by atoms with Crippen molar-refractivity contribution in [3.63, 3.8) is 0 Å². The van der Waals surface area contributed by atoms with Gasteiger partial charge in [0.2, 0.25) is 0 Å². The number of hydrogen-bond acceptors (Lipinski definition) is 4. The molecule has 1 fully saturated rings. The van der Waals surface area contributed by atoms with E-state index in [1.165, 1.54) is 0 Å². The number of aromatic amines is 1. The summed E-state index contributed by atoms with van der Waals surface area (Å²) in [6, 6.07) is 4.22. The SMILES string of the molecule is Cc1cc(Cl)cc2[nH]c(-c3cn(C4CCNCC4)nn3)nc12. The van der Waals surface area contributed by atoms with Crippen molar-refractivity contribution in [2.24, 2.45) is 0 Å². The van der Waals surface area contributed by atoms with Gasteiger partial charge in [-0.2, -0.15) is 0 Å². The normalized spacial score (nSPS) is 16.5. The maximum atomic E-state index is 6.10. The van der Waals surface area contributed by atoms with Crippen LogP contribution >= 0.6 is 11.6 Å². The van der Waals surface area contributed by atoms with Crippen molar-refractivity contribution in [1.82, 2.24) is 30.3 Å². The first kappa shape index (κ1) is 13.7. The van der Waals surface area contributed by atoms with E-state index in [-0.39, 0.29) is 0 Å². The van der Waals surface area contributed by atoms with Crippen LogP contribution in [0.2, 0.25) is 5.02 Å². The Balaban J connectivity index is 1.70. The highest BCUT2D eigenvalue weighted by Gasteiger charge is 2.18. The van der Waals surface area contributed by atoms with Gasteiger partial charge in [-0.1, -0.05) is 16.8 Å². The molecule has 0 unspecified atom stereocenters. The number of aryl methyl sites for hydroxylation is 1. The number of hydrogen-bond donors (Lipinski definition) is 2. The van der Waals surface area contributed by atoms with Crippen molar-refractivity contribution in [3.05, 3.63) is 28.9 Å². The molecule has 22 heavy (non-hydrogen) atoms. The van der Waals surface area contributed by atoms with Crippen LogP contribution in [-0.4, -0.2) is 38.1 Å². The van der Waals surface area contributed by atoms with Crippen LogP contribution in [-0.2, 0) is 0 Å². The number of H-pyrrole nitrogens is 1. The summed E-state index contributed by atoms with van der Waals surface area (Å²) in [6.45, 7) is 4.06. The molecule has 1 aromatic carbocycles. The summed E-state index contributed by atoms with van der Waals surface area (Å²) in [5, 5.41) is 12.6. The third kappa shape index (κ3) is 2.38. The van der Waals surface area contributed by atoms with Crippen LogP contribution in [0.3, 0.4) is 0 Å². The number of aromatic nitrogens is 5. The molecule has 114 valence electrons. The fraction of sp³-hybridized carbons (Fsp3) is 0.400. The molecule has 1 aliphatic heterocycles. The molecule has 4 rings (SSSR count). The third-order valence-electron chi connectivity index (χ3n) is 4.18. The molecule has 0 amide bonds. The minimum absolute atomic E-state index is 0.419. The number of nitrogens with one attached hydrogen (secondary N) is 2. The fourth-order valence-corrected chi connectivity index (χ4v) is 3.28. The van der Waals surface area contributed by atoms with E-state index in [4.69, 9.17) is 11.6 Å². The predicted molar refractivity (Wildman–Crippen MR) is 86.0 cm³/mol. The van der Waals surface area contributed by atoms with Crippen LogP contribution in [0.25, 0.3) is 22.6 Å². The smallest absolute Gasteiger partial charge is 0.160 e. The van der Waals surface area contributed by atoms with Gasteiger partial charge in [-0.3, -0.25) is 0 Å². The first-order valence-electron chi connectivity index (χ1n) is 7.49. The lowest BCUT2D eigenvalue weighted by atomic mass is 10.1. The lowest BCUT2D eigenvalue weighted by Gasteiger charge is -2.21. The van der Waals surface area contributed by atoms with Crippen molar-refractivity contribution >= 4 is 22.6 Å². The van der Waals surface area contributed by atoms with Gasteiger partial charge in [0.15, 0.2) is 5.82 Å². The molecule has 0 spiro atoms. The summed E-state index contributed by atoms with van der Waals surface area (Å²) in [4.78, 5) is 7.93. The lowest BCUT2D eigenvalue weighted by Crippen LogP contribution is -2.29. The molecule has 3 heterocycles. The molecule has 1 saturated heterocycles. The van der Waals surface area contributed by atoms with Gasteiger partial charge in [0.1, 0.15) is 5.69 Å². The van der Waals surface area contributed by atoms with Gasteiger partial charge in [-0.25, -0.2) is 9.67 Å². The van der Waals surface area contributed by atoms with E-state index < -0.39 is 0 Å². The molecular formula is C15H17ClN6. The Morgan fingerprint density at radius 2 is 2.09 bits per heavy atom. The quantitative estimate of drug-likeness (QED) is 0.762. The van der Waals surface area contributed by atoms with Crippen LogP contribution in [0, 0.1) is 6.92 Å². The van der Waals surface area contributed by atoms with Gasteiger partial charge in [0.05, 0.1) is 23.3 Å². The Labute approximate surface area is 132 Å². The van der Waals surface area contributed by atoms with Crippen LogP contribution in [0.1, 0.15) is 24.4 Å². The number of halogens is 1. The molecule has 0 saturated carbocycles. The number of rotatable bonds is 2. The van der Waals surface area contributed by atoms with Crippen molar-refractivity contribution in [1.29, 1.82) is 0 Å². The van der Waals surface area contributed by atoms with Crippen molar-refractivity contribution in [2.45, 2.75) is 25.8 Å². The highest BCUT2D eigenvalue weighted by molar-refractivity contribution is 6.31. The van der Waals surface area contributed by atoms with Gasteiger partial charge < -0.3 is 10.3 Å². The molecular weight excluding hydrogens is 300 g/mol. The molecule has 7 heteroatoms. The summed E-state index contributed by atoms with van der Waals surface area (Å²) < 4.78 is 1.96. The average Bonchev–Trinajstić information content (AvgIpc) is 3.14. The van der Waals surface area contributed by atoms with Gasteiger partial charge in [-0.15, -0.1) is 5.10 Å². The van der Waals surface area contributed by atoms with Gasteiger partial charge in [-0.05, 0) is 50.6 Å². The van der Waals surface area contributed by atoms with E-state index in [1.54, 1.807) is 0 Å². The van der Waals surface area contributed by atoms with E-state index in [0.29, 0.717) is 11.1 Å². The standard InChI is InChI=1S/C15H17ClN6/c1-9-6-10(16)7-12-14(9)19-15(18-12)13-8-22(21-20-13)11-2-4-17-5-3-11/h6-8,11,17H,2-5H2,1H3,(H,18,19). The summed E-state index contributed by atoms with van der Waals surface area (Å²) >= 11 is 6.10. The third-order valence-corrected chi connectivity index (χ3v) is 4.40. The molecule has 0 aliphatic carbocycles. The molecule has 2 N–H and O–H groups in total. The Morgan fingerprint density at radius 3 is 2.91 bits per heavy atom. The van der Waals surface area contributed by atoms with E-state index in [0.717, 1.165) is 54.0 Å². The summed E-state index contributed by atoms with van der Waals surface area (Å²) in [5.74, 6) is 0.737. The first-order valence-corrected chi connectivity index (χ1v) is 7.87. The Morgan fingerprint density at radius 1 is 1.27 bits per heavy atom. The lowest BCUT2D eigenvalue weighted by molar-refractivity contribution is 0.337. The number of nitrogens with zero attached hydrogens (tertiary/aromatic N) is 4. The van der Waals surface area contributed by atoms with Crippen molar-refractivity contribution < 1.29 is 0 Å². The Bertz CT molecular complexity index is 815. The predicted octanol–water partition coefficient (Wildman–Crippen LogP) is 2.71. The van der Waals surface area contributed by atoms with Crippen LogP contribution in [0.5, 0.6) is 0 Å².